The van der Waals surface area contributed by atoms with Crippen molar-refractivity contribution in [1.82, 2.24) is 9.97 Å². The van der Waals surface area contributed by atoms with Crippen LogP contribution in [0.3, 0.4) is 0 Å². The van der Waals surface area contributed by atoms with E-state index in [0.29, 0.717) is 20.0 Å². The van der Waals surface area contributed by atoms with Crippen LogP contribution < -0.4 is 8.37 Å². The molecule has 2 aromatic heterocycles. The molecular weight excluding hydrogens is 618 g/mol. The van der Waals surface area contributed by atoms with Crippen LogP contribution in [0.1, 0.15) is 0 Å². The van der Waals surface area contributed by atoms with Gasteiger partial charge in [-0.15, -0.1) is 0 Å². The van der Waals surface area contributed by atoms with Crippen molar-refractivity contribution in [3.8, 4) is 22.9 Å². The molecule has 0 saturated carbocycles. The second-order valence-electron chi connectivity index (χ2n) is 6.06. The van der Waals surface area contributed by atoms with Gasteiger partial charge in [0.15, 0.2) is 11.5 Å². The number of aromatic amines is 2. The van der Waals surface area contributed by atoms with Crippen molar-refractivity contribution in [3.63, 3.8) is 0 Å². The Morgan fingerprint density at radius 2 is 1.03 bits per heavy atom. The van der Waals surface area contributed by atoms with Crippen LogP contribution in [0.2, 0.25) is 0 Å². The fourth-order valence-corrected chi connectivity index (χ4v) is 4.50. The van der Waals surface area contributed by atoms with Gasteiger partial charge in [-0.25, -0.2) is 0 Å². The van der Waals surface area contributed by atoms with E-state index in [9.17, 15) is 25.9 Å². The van der Waals surface area contributed by atoms with E-state index in [4.69, 9.17) is 8.37 Å². The van der Waals surface area contributed by atoms with E-state index in [1.54, 1.807) is 36.4 Å². The van der Waals surface area contributed by atoms with E-state index in [2.05, 4.69) is 41.8 Å². The number of rotatable bonds is 5. The molecule has 0 fully saturated rings. The summed E-state index contributed by atoms with van der Waals surface area (Å²) >= 11 is 6.54. The number of hydrogen-bond donors (Lipinski definition) is 4. The predicted molar refractivity (Wildman–Crippen MR) is 127 cm³/mol. The average Bonchev–Trinajstić information content (AvgIpc) is 3.11. The molecule has 0 atom stereocenters. The van der Waals surface area contributed by atoms with Gasteiger partial charge in [-0.05, 0) is 36.4 Å². The normalized spacial score (nSPS) is 11.8. The fourth-order valence-electron chi connectivity index (χ4n) is 3.01. The Morgan fingerprint density at radius 1 is 0.688 bits per heavy atom. The van der Waals surface area contributed by atoms with Crippen LogP contribution in [0.15, 0.2) is 45.3 Å². The van der Waals surface area contributed by atoms with Gasteiger partial charge in [0.05, 0.1) is 0 Å². The first kappa shape index (κ1) is 28.1. The molecule has 0 aliphatic heterocycles. The van der Waals surface area contributed by atoms with Crippen LogP contribution >= 0.6 is 31.9 Å². The number of benzene rings is 2. The van der Waals surface area contributed by atoms with Gasteiger partial charge in [0.25, 0.3) is 0 Å². The van der Waals surface area contributed by atoms with E-state index in [-0.39, 0.29) is 92.8 Å². The third-order valence-corrected chi connectivity index (χ3v) is 5.79. The maximum absolute atomic E-state index is 11.5. The molecule has 0 aliphatic rings. The molecule has 2 radical (unpaired) electrons. The predicted octanol–water partition coefficient (Wildman–Crippen LogP) is 3.44. The van der Waals surface area contributed by atoms with Gasteiger partial charge in [-0.3, -0.25) is 9.11 Å². The van der Waals surface area contributed by atoms with E-state index in [1.807, 2.05) is 0 Å². The smallest absolute Gasteiger partial charge is 0.359 e. The summed E-state index contributed by atoms with van der Waals surface area (Å²) in [5, 5.41) is 0.546. The first-order valence-corrected chi connectivity index (χ1v) is 12.2. The SMILES string of the molecule is O=S(=O)(O)Oc1c(-c2[nH]c3ccc(Br)cc3c2OS(=O)(=O)O)[nH]c2ccc(Br)cc12.[Na].[Na]. The van der Waals surface area contributed by atoms with Crippen LogP contribution in [0.5, 0.6) is 11.5 Å². The maximum Gasteiger partial charge on any atom is 0.446 e. The Morgan fingerprint density at radius 3 is 1.34 bits per heavy atom. The molecule has 0 aliphatic carbocycles. The maximum atomic E-state index is 11.5. The van der Waals surface area contributed by atoms with Gasteiger partial charge in [0, 0.05) is 89.9 Å². The third-order valence-electron chi connectivity index (χ3n) is 4.05. The Hall–Kier alpha value is -0.1000. The van der Waals surface area contributed by atoms with Gasteiger partial charge in [0.1, 0.15) is 11.4 Å². The van der Waals surface area contributed by atoms with Crippen molar-refractivity contribution in [3.05, 3.63) is 45.3 Å². The Labute approximate surface area is 243 Å². The summed E-state index contributed by atoms with van der Waals surface area (Å²) in [6, 6.07) is 9.66. The fraction of sp³-hybridized carbons (Fsp3) is 0. The number of H-pyrrole nitrogens is 2. The minimum atomic E-state index is -4.93. The molecule has 4 aromatic rings. The van der Waals surface area contributed by atoms with Crippen LogP contribution in [0.25, 0.3) is 33.2 Å². The Balaban J connectivity index is 0.00000181. The quantitative estimate of drug-likeness (QED) is 0.193. The average molecular weight is 628 g/mol. The minimum Gasteiger partial charge on any atom is -0.359 e. The summed E-state index contributed by atoms with van der Waals surface area (Å²) < 4.78 is 75.1. The van der Waals surface area contributed by atoms with Crippen LogP contribution in [0, 0.1) is 0 Å². The van der Waals surface area contributed by atoms with Gasteiger partial charge in [-0.2, -0.15) is 16.8 Å². The number of fused-ring (bicyclic) bond motifs is 2. The van der Waals surface area contributed by atoms with Crippen molar-refractivity contribution >= 4 is 134 Å². The summed E-state index contributed by atoms with van der Waals surface area (Å²) in [6.45, 7) is 0. The summed E-state index contributed by atoms with van der Waals surface area (Å²) in [6.07, 6.45) is 0. The molecule has 2 aromatic carbocycles. The molecule has 4 N–H and O–H groups in total. The topological polar surface area (TPSA) is 159 Å². The standard InChI is InChI=1S/C16H10Br2N2O8S2.2Na/c17-7-1-3-11-9(5-7)15(27-29(21,22)23)13(19-11)14-16(28-30(24,25)26)10-6-8(18)2-4-12(10)20-14;;/h1-6,19-20H,(H,21,22,23)(H,24,25,26);;. The number of hydrogen-bond acceptors (Lipinski definition) is 6. The van der Waals surface area contributed by atoms with Crippen molar-refractivity contribution < 1.29 is 34.3 Å². The molecule has 32 heavy (non-hydrogen) atoms. The molecule has 160 valence electrons. The summed E-state index contributed by atoms with van der Waals surface area (Å²) in [7, 11) is -9.86. The van der Waals surface area contributed by atoms with Crippen molar-refractivity contribution in [2.24, 2.45) is 0 Å². The van der Waals surface area contributed by atoms with Gasteiger partial charge < -0.3 is 18.3 Å². The summed E-state index contributed by atoms with van der Waals surface area (Å²) in [4.78, 5) is 5.82. The zero-order valence-corrected chi connectivity index (χ0v) is 25.2. The first-order chi connectivity index (χ1) is 13.9. The number of nitrogens with one attached hydrogen (secondary N) is 2. The van der Waals surface area contributed by atoms with Crippen LogP contribution in [-0.4, -0.2) is 95.0 Å². The molecule has 0 unspecified atom stereocenters. The van der Waals surface area contributed by atoms with Gasteiger partial charge in [-0.1, -0.05) is 31.9 Å². The molecule has 0 bridgehead atoms. The van der Waals surface area contributed by atoms with Crippen LogP contribution in [0.4, 0.5) is 0 Å². The second kappa shape index (κ2) is 10.3. The van der Waals surface area contributed by atoms with E-state index >= 15 is 0 Å². The van der Waals surface area contributed by atoms with Crippen LogP contribution in [-0.2, 0) is 20.8 Å². The largest absolute Gasteiger partial charge is 0.446 e. The van der Waals surface area contributed by atoms with Gasteiger partial charge >= 0.3 is 20.8 Å². The van der Waals surface area contributed by atoms with Crippen molar-refractivity contribution in [1.29, 1.82) is 0 Å². The number of aromatic nitrogens is 2. The molecule has 10 nitrogen and oxygen atoms in total. The number of halogens is 2. The Bertz CT molecular complexity index is 1420. The monoisotopic (exact) mass is 626 g/mol. The molecule has 0 amide bonds. The molecule has 16 heteroatoms. The van der Waals surface area contributed by atoms with Crippen molar-refractivity contribution in [2.75, 3.05) is 0 Å². The molecule has 2 heterocycles. The minimum absolute atomic E-state index is 0. The van der Waals surface area contributed by atoms with E-state index in [0.717, 1.165) is 0 Å². The summed E-state index contributed by atoms with van der Waals surface area (Å²) in [5.41, 5.74) is 0.771. The van der Waals surface area contributed by atoms with Gasteiger partial charge in [0.2, 0.25) is 0 Å². The second-order valence-corrected chi connectivity index (χ2v) is 9.94. The third kappa shape index (κ3) is 6.12. The zero-order chi connectivity index (χ0) is 21.8. The summed E-state index contributed by atoms with van der Waals surface area (Å²) in [5.74, 6) is -0.612. The zero-order valence-electron chi connectivity index (χ0n) is 16.4. The van der Waals surface area contributed by atoms with E-state index in [1.165, 1.54) is 0 Å². The van der Waals surface area contributed by atoms with E-state index < -0.39 is 20.8 Å². The Kier molecular flexibility index (Phi) is 9.02. The first-order valence-electron chi connectivity index (χ1n) is 7.88. The molecular formula is C16H10Br2N2Na2O8S2. The molecule has 4 rings (SSSR count). The van der Waals surface area contributed by atoms with Crippen molar-refractivity contribution in [2.45, 2.75) is 0 Å². The molecule has 0 saturated heterocycles. The molecule has 0 spiro atoms.